The summed E-state index contributed by atoms with van der Waals surface area (Å²) in [5, 5.41) is 7.52. The van der Waals surface area contributed by atoms with Crippen LogP contribution in [0.15, 0.2) is 42.7 Å². The second kappa shape index (κ2) is 10.3. The third kappa shape index (κ3) is 6.27. The van der Waals surface area contributed by atoms with Crippen molar-refractivity contribution < 1.29 is 14.9 Å². The Labute approximate surface area is 194 Å². The van der Waals surface area contributed by atoms with Gasteiger partial charge in [0, 0.05) is 51.6 Å². The summed E-state index contributed by atoms with van der Waals surface area (Å²) in [5.74, 6) is -0.969. The van der Waals surface area contributed by atoms with Gasteiger partial charge in [-0.2, -0.15) is 4.98 Å². The summed E-state index contributed by atoms with van der Waals surface area (Å²) < 4.78 is 34.1. The molecule has 33 heavy (non-hydrogen) atoms. The lowest BCUT2D eigenvalue weighted by Gasteiger charge is -2.36. The third-order valence-electron chi connectivity index (χ3n) is 5.52. The average Bonchev–Trinajstić information content (AvgIpc) is 3.21. The van der Waals surface area contributed by atoms with Gasteiger partial charge in [0.15, 0.2) is 0 Å². The third-order valence-corrected chi connectivity index (χ3v) is 5.52. The number of benzene rings is 2. The summed E-state index contributed by atoms with van der Waals surface area (Å²) in [6.45, 7) is 11.8. The van der Waals surface area contributed by atoms with Gasteiger partial charge in [0.25, 0.3) is 0 Å². The number of aryl methyl sites for hydroxylation is 1. The molecule has 0 radical (unpaired) electrons. The van der Waals surface area contributed by atoms with Crippen molar-refractivity contribution in [3.8, 4) is 5.69 Å². The number of halogens is 2. The van der Waals surface area contributed by atoms with Gasteiger partial charge in [-0.1, -0.05) is 0 Å². The van der Waals surface area contributed by atoms with Gasteiger partial charge in [-0.25, -0.2) is 13.5 Å². The number of anilines is 3. The molecule has 0 atom stereocenters. The normalized spacial score (nSPS) is 14.8. The molecule has 1 N–H and O–H groups in total. The molecule has 0 spiro atoms. The molecule has 7 nitrogen and oxygen atoms in total. The second-order valence-electron chi connectivity index (χ2n) is 8.57. The van der Waals surface area contributed by atoms with Crippen LogP contribution in [0.3, 0.4) is 0 Å². The first-order chi connectivity index (χ1) is 15.9. The van der Waals surface area contributed by atoms with Crippen LogP contribution in [0.1, 0.15) is 20.8 Å². The van der Waals surface area contributed by atoms with E-state index < -0.39 is 11.6 Å². The zero-order valence-corrected chi connectivity index (χ0v) is 19.3. The molecular formula is C24H32F2N6O. The van der Waals surface area contributed by atoms with Crippen LogP contribution in [0.4, 0.5) is 26.1 Å². The van der Waals surface area contributed by atoms with Crippen molar-refractivity contribution in [3.05, 3.63) is 59.9 Å². The molecule has 178 valence electrons. The zero-order chi connectivity index (χ0) is 23.4. The highest BCUT2D eigenvalue weighted by Crippen LogP contribution is 2.25. The van der Waals surface area contributed by atoms with Crippen LogP contribution in [0, 0.1) is 18.6 Å². The van der Waals surface area contributed by atoms with Crippen LogP contribution in [0.5, 0.6) is 0 Å². The molecule has 9 heteroatoms. The average molecular weight is 459 g/mol. The van der Waals surface area contributed by atoms with Crippen molar-refractivity contribution in [2.75, 3.05) is 49.5 Å². The van der Waals surface area contributed by atoms with Crippen LogP contribution in [-0.2, 0) is 4.74 Å². The van der Waals surface area contributed by atoms with Gasteiger partial charge in [-0.15, -0.1) is 5.10 Å². The van der Waals surface area contributed by atoms with E-state index in [0.717, 1.165) is 62.3 Å². The molecular weight excluding hydrogens is 426 g/mol. The number of hydrogen-bond acceptors (Lipinski definition) is 6. The molecule has 0 aliphatic carbocycles. The Hall–Kier alpha value is -3.04. The number of piperazine rings is 1. The lowest BCUT2D eigenvalue weighted by molar-refractivity contribution is 0.0579. The van der Waals surface area contributed by atoms with Gasteiger partial charge in [0.1, 0.15) is 18.0 Å². The summed E-state index contributed by atoms with van der Waals surface area (Å²) in [6, 6.07) is 9.51. The van der Waals surface area contributed by atoms with Gasteiger partial charge in [0.2, 0.25) is 5.95 Å². The summed E-state index contributed by atoms with van der Waals surface area (Å²) in [6.07, 6.45) is 1.69. The first-order valence-corrected chi connectivity index (χ1v) is 11.2. The molecule has 1 aliphatic heterocycles. The number of hydrogen-bond donors (Lipinski definition) is 1. The fraction of sp³-hybridized carbons (Fsp3) is 0.417. The van der Waals surface area contributed by atoms with Gasteiger partial charge in [-0.3, -0.25) is 4.90 Å². The van der Waals surface area contributed by atoms with Gasteiger partial charge >= 0.3 is 0 Å². The molecule has 0 amide bonds. The standard InChI is InChI=1S/C24H30F2N6O.H2/c1-17(2)33-9-8-30-4-6-31(7-5-30)22-11-18(3)10-21(15-22)28-24-27-16-32(29-24)23-13-19(25)12-20(26)14-23;/h10-17H,4-9H2,1-3H3,(H,28,29);1H. The van der Waals surface area contributed by atoms with Crippen LogP contribution in [-0.4, -0.2) is 65.1 Å². The number of nitrogens with zero attached hydrogens (tertiary/aromatic N) is 5. The fourth-order valence-corrected chi connectivity index (χ4v) is 3.91. The van der Waals surface area contributed by atoms with Crippen LogP contribution < -0.4 is 10.2 Å². The van der Waals surface area contributed by atoms with E-state index in [1.54, 1.807) is 0 Å². The van der Waals surface area contributed by atoms with Gasteiger partial charge in [-0.05, 0) is 56.7 Å². The van der Waals surface area contributed by atoms with E-state index in [1.165, 1.54) is 23.1 Å². The summed E-state index contributed by atoms with van der Waals surface area (Å²) in [4.78, 5) is 9.04. The molecule has 3 aromatic rings. The van der Waals surface area contributed by atoms with Crippen LogP contribution >= 0.6 is 0 Å². The Bertz CT molecular complexity index is 1060. The Morgan fingerprint density at radius 3 is 2.42 bits per heavy atom. The number of nitrogens with one attached hydrogen (secondary N) is 1. The minimum absolute atomic E-state index is 0. The van der Waals surface area contributed by atoms with E-state index in [-0.39, 0.29) is 13.2 Å². The lowest BCUT2D eigenvalue weighted by Crippen LogP contribution is -2.47. The summed E-state index contributed by atoms with van der Waals surface area (Å²) >= 11 is 0. The van der Waals surface area contributed by atoms with Crippen molar-refractivity contribution in [2.24, 2.45) is 0 Å². The monoisotopic (exact) mass is 458 g/mol. The highest BCUT2D eigenvalue weighted by Gasteiger charge is 2.18. The Kier molecular flexibility index (Phi) is 7.20. The minimum atomic E-state index is -0.661. The topological polar surface area (TPSA) is 58.5 Å². The predicted molar refractivity (Wildman–Crippen MR) is 128 cm³/mol. The number of rotatable bonds is 8. The molecule has 4 rings (SSSR count). The maximum absolute atomic E-state index is 13.5. The Morgan fingerprint density at radius 2 is 1.73 bits per heavy atom. The van der Waals surface area contributed by atoms with E-state index >= 15 is 0 Å². The van der Waals surface area contributed by atoms with E-state index in [1.807, 2.05) is 6.07 Å². The Morgan fingerprint density at radius 1 is 1.00 bits per heavy atom. The van der Waals surface area contributed by atoms with Crippen molar-refractivity contribution in [3.63, 3.8) is 0 Å². The number of aromatic nitrogens is 3. The molecule has 1 fully saturated rings. The highest BCUT2D eigenvalue weighted by molar-refractivity contribution is 5.64. The molecule has 0 bridgehead atoms. The maximum atomic E-state index is 13.5. The first kappa shape index (κ1) is 23.1. The van der Waals surface area contributed by atoms with E-state index in [9.17, 15) is 8.78 Å². The largest absolute Gasteiger partial charge is 0.377 e. The Balaban J connectivity index is 0.00000324. The predicted octanol–water partition coefficient (Wildman–Crippen LogP) is 4.39. The number of ether oxygens (including phenoxy) is 1. The molecule has 1 aliphatic rings. The molecule has 1 aromatic heterocycles. The van der Waals surface area contributed by atoms with Crippen LogP contribution in [0.2, 0.25) is 0 Å². The molecule has 0 saturated carbocycles. The molecule has 0 unspecified atom stereocenters. The van der Waals surface area contributed by atoms with Crippen molar-refractivity contribution in [1.82, 2.24) is 19.7 Å². The smallest absolute Gasteiger partial charge is 0.246 e. The van der Waals surface area contributed by atoms with Gasteiger partial charge < -0.3 is 15.0 Å². The SMILES string of the molecule is Cc1cc(Nc2ncn(-c3cc(F)cc(F)c3)n2)cc(N2CCN(CCOC(C)C)CC2)c1.[HH]. The maximum Gasteiger partial charge on any atom is 0.246 e. The van der Waals surface area contributed by atoms with Crippen molar-refractivity contribution in [1.29, 1.82) is 0 Å². The van der Waals surface area contributed by atoms with E-state index in [4.69, 9.17) is 4.74 Å². The molecule has 2 aromatic carbocycles. The summed E-state index contributed by atoms with van der Waals surface area (Å²) in [5.41, 5.74) is 3.40. The van der Waals surface area contributed by atoms with Crippen LogP contribution in [0.25, 0.3) is 5.69 Å². The summed E-state index contributed by atoms with van der Waals surface area (Å²) in [7, 11) is 0. The molecule has 1 saturated heterocycles. The van der Waals surface area contributed by atoms with Gasteiger partial charge in [0.05, 0.1) is 18.4 Å². The second-order valence-corrected chi connectivity index (χ2v) is 8.57. The van der Waals surface area contributed by atoms with E-state index in [2.05, 4.69) is 58.1 Å². The fourth-order valence-electron chi connectivity index (χ4n) is 3.91. The molecule has 2 heterocycles. The van der Waals surface area contributed by atoms with E-state index in [0.29, 0.717) is 5.95 Å². The van der Waals surface area contributed by atoms with Crippen molar-refractivity contribution in [2.45, 2.75) is 26.9 Å². The first-order valence-electron chi connectivity index (χ1n) is 11.2. The minimum Gasteiger partial charge on any atom is -0.377 e. The van der Waals surface area contributed by atoms with Crippen molar-refractivity contribution >= 4 is 17.3 Å². The highest BCUT2D eigenvalue weighted by atomic mass is 19.1. The quantitative estimate of drug-likeness (QED) is 0.540. The zero-order valence-electron chi connectivity index (χ0n) is 19.3. The lowest BCUT2D eigenvalue weighted by atomic mass is 10.1.